The van der Waals surface area contributed by atoms with Crippen molar-refractivity contribution in [1.29, 1.82) is 0 Å². The van der Waals surface area contributed by atoms with Crippen molar-refractivity contribution in [3.8, 4) is 0 Å². The Kier molecular flexibility index (Phi) is 13.0. The molecule has 0 aromatic heterocycles. The number of allylic oxidation sites excluding steroid dienone is 2. The van der Waals surface area contributed by atoms with Crippen molar-refractivity contribution in [2.75, 3.05) is 7.11 Å². The number of ether oxygens (including phenoxy) is 4. The summed E-state index contributed by atoms with van der Waals surface area (Å²) in [5.41, 5.74) is 0.182. The third-order valence-corrected chi connectivity index (χ3v) is 8.90. The summed E-state index contributed by atoms with van der Waals surface area (Å²) in [6.07, 6.45) is 11.7. The van der Waals surface area contributed by atoms with Crippen molar-refractivity contribution in [1.82, 2.24) is 10.6 Å². The molecule has 0 radical (unpaired) electrons. The van der Waals surface area contributed by atoms with Gasteiger partial charge in [0.05, 0.1) is 36.4 Å². The third kappa shape index (κ3) is 10.6. The Morgan fingerprint density at radius 1 is 1.12 bits per heavy atom. The first-order chi connectivity index (χ1) is 20.3. The molecular formula is C33H52N2O8. The van der Waals surface area contributed by atoms with E-state index >= 15 is 0 Å². The number of carbonyl (C=O) groups is 3. The van der Waals surface area contributed by atoms with Gasteiger partial charge in [0.15, 0.2) is 0 Å². The quantitative estimate of drug-likeness (QED) is 0.175. The van der Waals surface area contributed by atoms with Crippen LogP contribution in [-0.2, 0) is 33.3 Å². The van der Waals surface area contributed by atoms with Crippen LogP contribution < -0.4 is 10.6 Å². The molecule has 2 amide bonds. The normalized spacial score (nSPS) is 34.5. The SMILES string of the molecule is CO[C@@]1(C)C[C@@H](CC(=O)NC2CCC2)O[C@H](/C=C/C(C)=C/C[C@@H]2O[C@H](C)[C@H](NC(=O)/C=C\[C@H](C)OC(C)=O)C[C@@H]2C)[C@H]1O. The lowest BCUT2D eigenvalue weighted by Crippen LogP contribution is -2.56. The Morgan fingerprint density at radius 3 is 2.47 bits per heavy atom. The topological polar surface area (TPSA) is 132 Å². The van der Waals surface area contributed by atoms with E-state index in [0.717, 1.165) is 31.3 Å². The highest BCUT2D eigenvalue weighted by Gasteiger charge is 2.46. The van der Waals surface area contributed by atoms with Crippen molar-refractivity contribution in [2.24, 2.45) is 5.92 Å². The van der Waals surface area contributed by atoms with E-state index in [4.69, 9.17) is 18.9 Å². The zero-order chi connectivity index (χ0) is 31.7. The van der Waals surface area contributed by atoms with Crippen molar-refractivity contribution in [3.63, 3.8) is 0 Å². The number of hydrogen-bond acceptors (Lipinski definition) is 8. The van der Waals surface area contributed by atoms with Crippen LogP contribution in [-0.4, -0.2) is 84.3 Å². The molecule has 2 saturated heterocycles. The van der Waals surface area contributed by atoms with E-state index in [1.165, 1.54) is 13.0 Å². The molecule has 242 valence electrons. The number of amides is 2. The van der Waals surface area contributed by atoms with Crippen LogP contribution in [0.2, 0.25) is 0 Å². The summed E-state index contributed by atoms with van der Waals surface area (Å²) in [7, 11) is 1.58. The van der Waals surface area contributed by atoms with Crippen molar-refractivity contribution >= 4 is 17.8 Å². The Labute approximate surface area is 256 Å². The largest absolute Gasteiger partial charge is 0.459 e. The molecule has 9 atom stereocenters. The average Bonchev–Trinajstić information content (AvgIpc) is 2.91. The van der Waals surface area contributed by atoms with E-state index < -0.39 is 29.9 Å². The highest BCUT2D eigenvalue weighted by atomic mass is 16.5. The highest BCUT2D eigenvalue weighted by Crippen LogP contribution is 2.34. The van der Waals surface area contributed by atoms with Gasteiger partial charge in [0.2, 0.25) is 11.8 Å². The number of nitrogens with one attached hydrogen (secondary N) is 2. The van der Waals surface area contributed by atoms with E-state index in [0.29, 0.717) is 12.8 Å². The molecule has 0 spiro atoms. The van der Waals surface area contributed by atoms with Crippen LogP contribution in [0.15, 0.2) is 36.0 Å². The van der Waals surface area contributed by atoms with Gasteiger partial charge in [0, 0.05) is 32.6 Å². The number of carbonyl (C=O) groups excluding carboxylic acids is 3. The van der Waals surface area contributed by atoms with Gasteiger partial charge in [-0.2, -0.15) is 0 Å². The molecule has 0 bridgehead atoms. The number of rotatable bonds is 12. The highest BCUT2D eigenvalue weighted by molar-refractivity contribution is 5.87. The second kappa shape index (κ2) is 16.0. The van der Waals surface area contributed by atoms with Gasteiger partial charge in [-0.05, 0) is 71.8 Å². The summed E-state index contributed by atoms with van der Waals surface area (Å²) in [6.45, 7) is 11.0. The zero-order valence-electron chi connectivity index (χ0n) is 26.8. The molecule has 3 N–H and O–H groups in total. The van der Waals surface area contributed by atoms with E-state index in [9.17, 15) is 19.5 Å². The summed E-state index contributed by atoms with van der Waals surface area (Å²) in [6, 6.07) is 0.148. The molecule has 43 heavy (non-hydrogen) atoms. The average molecular weight is 605 g/mol. The van der Waals surface area contributed by atoms with Crippen LogP contribution in [0.3, 0.4) is 0 Å². The molecule has 2 heterocycles. The molecule has 3 rings (SSSR count). The van der Waals surface area contributed by atoms with E-state index in [1.54, 1.807) is 20.1 Å². The van der Waals surface area contributed by atoms with Crippen molar-refractivity contribution in [2.45, 2.75) is 141 Å². The molecule has 0 aromatic rings. The lowest BCUT2D eigenvalue weighted by Gasteiger charge is -2.44. The molecular weight excluding hydrogens is 552 g/mol. The Bertz CT molecular complexity index is 1050. The van der Waals surface area contributed by atoms with Gasteiger partial charge in [0.1, 0.15) is 18.3 Å². The van der Waals surface area contributed by atoms with Crippen molar-refractivity contribution < 1.29 is 38.4 Å². The molecule has 1 aliphatic carbocycles. The molecule has 0 aromatic carbocycles. The van der Waals surface area contributed by atoms with Crippen molar-refractivity contribution in [3.05, 3.63) is 36.0 Å². The molecule has 0 unspecified atom stereocenters. The summed E-state index contributed by atoms with van der Waals surface area (Å²) < 4.78 is 23.2. The fourth-order valence-electron chi connectivity index (χ4n) is 5.87. The van der Waals surface area contributed by atoms with Gasteiger partial charge >= 0.3 is 5.97 Å². The maximum Gasteiger partial charge on any atom is 0.303 e. The molecule has 3 fully saturated rings. The van der Waals surface area contributed by atoms with Gasteiger partial charge in [0.25, 0.3) is 0 Å². The molecule has 2 aliphatic heterocycles. The minimum absolute atomic E-state index is 0.00195. The summed E-state index contributed by atoms with van der Waals surface area (Å²) in [5, 5.41) is 17.1. The summed E-state index contributed by atoms with van der Waals surface area (Å²) >= 11 is 0. The molecule has 3 aliphatic rings. The first kappa shape index (κ1) is 35.0. The maximum absolute atomic E-state index is 12.5. The summed E-state index contributed by atoms with van der Waals surface area (Å²) in [4.78, 5) is 36.0. The first-order valence-electron chi connectivity index (χ1n) is 15.6. The Morgan fingerprint density at radius 2 is 1.84 bits per heavy atom. The Hall–Kier alpha value is -2.53. The van der Waals surface area contributed by atoms with Crippen LogP contribution in [0.25, 0.3) is 0 Å². The van der Waals surface area contributed by atoms with E-state index in [2.05, 4.69) is 23.6 Å². The van der Waals surface area contributed by atoms with Crippen LogP contribution in [0, 0.1) is 5.92 Å². The summed E-state index contributed by atoms with van der Waals surface area (Å²) in [5.74, 6) is -0.444. The van der Waals surface area contributed by atoms with Gasteiger partial charge in [-0.25, -0.2) is 0 Å². The molecule has 10 heteroatoms. The number of hydrogen-bond donors (Lipinski definition) is 3. The van der Waals surface area contributed by atoms with Gasteiger partial charge in [-0.1, -0.05) is 30.7 Å². The monoisotopic (exact) mass is 604 g/mol. The van der Waals surface area contributed by atoms with Gasteiger partial charge in [-0.15, -0.1) is 0 Å². The predicted octanol–water partition coefficient (Wildman–Crippen LogP) is 3.67. The van der Waals surface area contributed by atoms with E-state index in [-0.39, 0.29) is 54.5 Å². The van der Waals surface area contributed by atoms with Crippen LogP contribution in [0.5, 0.6) is 0 Å². The molecule has 1 saturated carbocycles. The number of aliphatic hydroxyl groups excluding tert-OH is 1. The fraction of sp³-hybridized carbons (Fsp3) is 0.727. The fourth-order valence-corrected chi connectivity index (χ4v) is 5.87. The lowest BCUT2D eigenvalue weighted by molar-refractivity contribution is -0.207. The standard InChI is InChI=1S/C33H52N2O8/c1-20(11-14-28-21(2)17-27(23(4)42-28)35-30(37)16-13-22(3)41-24(5)36)12-15-29-32(39)33(6,40-7)19-26(43-29)18-31(38)34-25-9-8-10-25/h11-13,15-16,21-23,25-29,32,39H,8-10,14,17-19H2,1-7H3,(H,34,38)(H,35,37)/b15-12+,16-13-,20-11+/t21-,22-,23+,26+,27+,28-,29+,32+,33-/m0/s1. The Balaban J connectivity index is 1.52. The van der Waals surface area contributed by atoms with Gasteiger partial charge < -0.3 is 34.7 Å². The minimum atomic E-state index is -0.873. The number of esters is 1. The third-order valence-electron chi connectivity index (χ3n) is 8.90. The number of aliphatic hydroxyl groups is 1. The lowest BCUT2D eigenvalue weighted by atomic mass is 9.84. The van der Waals surface area contributed by atoms with Gasteiger partial charge in [-0.3, -0.25) is 14.4 Å². The first-order valence-corrected chi connectivity index (χ1v) is 15.6. The minimum Gasteiger partial charge on any atom is -0.459 e. The van der Waals surface area contributed by atoms with Crippen LogP contribution in [0.1, 0.15) is 86.5 Å². The van der Waals surface area contributed by atoms with Crippen LogP contribution >= 0.6 is 0 Å². The molecule has 10 nitrogen and oxygen atoms in total. The smallest absolute Gasteiger partial charge is 0.303 e. The predicted molar refractivity (Wildman–Crippen MR) is 163 cm³/mol. The number of methoxy groups -OCH3 is 1. The zero-order valence-corrected chi connectivity index (χ0v) is 26.8. The second-order valence-corrected chi connectivity index (χ2v) is 12.7. The maximum atomic E-state index is 12.5. The van der Waals surface area contributed by atoms with E-state index in [1.807, 2.05) is 32.9 Å². The second-order valence-electron chi connectivity index (χ2n) is 12.7. The van der Waals surface area contributed by atoms with Crippen LogP contribution in [0.4, 0.5) is 0 Å².